The van der Waals surface area contributed by atoms with Gasteiger partial charge in [-0.2, -0.15) is 0 Å². The third-order valence-corrected chi connectivity index (χ3v) is 4.10. The lowest BCUT2D eigenvalue weighted by Gasteiger charge is -2.05. The Morgan fingerprint density at radius 1 is 1.10 bits per heavy atom. The fraction of sp³-hybridized carbons (Fsp3) is 0.176. The Morgan fingerprint density at radius 2 is 1.86 bits per heavy atom. The first-order valence-corrected chi connectivity index (χ1v) is 7.12. The average Bonchev–Trinajstić information content (AvgIpc) is 2.75. The van der Waals surface area contributed by atoms with Crippen molar-refractivity contribution in [3.05, 3.63) is 57.6 Å². The summed E-state index contributed by atoms with van der Waals surface area (Å²) in [5, 5.41) is 3.49. The van der Waals surface area contributed by atoms with Crippen LogP contribution < -0.4 is 5.32 Å². The van der Waals surface area contributed by atoms with Crippen LogP contribution in [0.4, 0.5) is 11.4 Å². The molecule has 3 rings (SSSR count). The number of rotatable bonds is 1. The second kappa shape index (κ2) is 5.01. The molecule has 0 atom stereocenters. The fourth-order valence-electron chi connectivity index (χ4n) is 2.50. The summed E-state index contributed by atoms with van der Waals surface area (Å²) in [6.45, 7) is 5.92. The van der Waals surface area contributed by atoms with Gasteiger partial charge in [-0.25, -0.2) is 4.99 Å². The number of fused-ring (bicyclic) bond motifs is 1. The lowest BCUT2D eigenvalue weighted by Crippen LogP contribution is -2.14. The minimum Gasteiger partial charge on any atom is -0.320 e. The van der Waals surface area contributed by atoms with Crippen LogP contribution in [-0.2, 0) is 4.79 Å². The molecule has 2 aromatic carbocycles. The number of amides is 1. The maximum atomic E-state index is 12.2. The third kappa shape index (κ3) is 2.34. The van der Waals surface area contributed by atoms with Crippen LogP contribution in [0.1, 0.15) is 22.3 Å². The van der Waals surface area contributed by atoms with Gasteiger partial charge in [0.15, 0.2) is 0 Å². The van der Waals surface area contributed by atoms with E-state index in [1.807, 2.05) is 39.0 Å². The molecule has 0 saturated carbocycles. The lowest BCUT2D eigenvalue weighted by molar-refractivity contribution is -0.110. The predicted octanol–water partition coefficient (Wildman–Crippen LogP) is 4.34. The summed E-state index contributed by atoms with van der Waals surface area (Å²) >= 11 is 6.10. The number of aryl methyl sites for hydroxylation is 2. The van der Waals surface area contributed by atoms with Gasteiger partial charge < -0.3 is 5.32 Å². The van der Waals surface area contributed by atoms with Gasteiger partial charge in [0, 0.05) is 10.6 Å². The summed E-state index contributed by atoms with van der Waals surface area (Å²) < 4.78 is 0. The molecule has 1 amide bonds. The molecule has 0 unspecified atom stereocenters. The normalized spacial score (nSPS) is 15.2. The Labute approximate surface area is 128 Å². The molecule has 1 aliphatic heterocycles. The Hall–Kier alpha value is -2.13. The molecule has 0 fully saturated rings. The van der Waals surface area contributed by atoms with E-state index in [2.05, 4.69) is 16.4 Å². The SMILES string of the molecule is Cc1ccc(N=C2C(=O)Nc3c2ccc(Cl)c3C)c(C)c1. The number of carbonyl (C=O) groups is 1. The van der Waals surface area contributed by atoms with E-state index in [1.165, 1.54) is 5.56 Å². The van der Waals surface area contributed by atoms with E-state index < -0.39 is 0 Å². The van der Waals surface area contributed by atoms with Crippen molar-refractivity contribution in [1.82, 2.24) is 0 Å². The summed E-state index contributed by atoms with van der Waals surface area (Å²) in [4.78, 5) is 16.7. The van der Waals surface area contributed by atoms with E-state index in [-0.39, 0.29) is 5.91 Å². The molecule has 106 valence electrons. The van der Waals surface area contributed by atoms with Gasteiger partial charge in [-0.15, -0.1) is 0 Å². The van der Waals surface area contributed by atoms with Crippen LogP contribution in [0.2, 0.25) is 5.02 Å². The van der Waals surface area contributed by atoms with Crippen molar-refractivity contribution in [2.24, 2.45) is 4.99 Å². The van der Waals surface area contributed by atoms with E-state index in [1.54, 1.807) is 6.07 Å². The standard InChI is InChI=1S/C17H15ClN2O/c1-9-4-7-14(10(2)8-9)19-16-12-5-6-13(18)11(3)15(12)20-17(16)21/h4-8H,1-3H3,(H,19,20,21). The molecule has 3 nitrogen and oxygen atoms in total. The molecule has 0 radical (unpaired) electrons. The minimum atomic E-state index is -0.185. The smallest absolute Gasteiger partial charge is 0.275 e. The molecular formula is C17H15ClN2O. The van der Waals surface area contributed by atoms with Gasteiger partial charge in [0.05, 0.1) is 11.4 Å². The molecule has 0 saturated heterocycles. The molecule has 0 spiro atoms. The third-order valence-electron chi connectivity index (χ3n) is 3.69. The maximum absolute atomic E-state index is 12.2. The highest BCUT2D eigenvalue weighted by Gasteiger charge is 2.28. The molecule has 4 heteroatoms. The van der Waals surface area contributed by atoms with Gasteiger partial charge in [-0.1, -0.05) is 29.3 Å². The van der Waals surface area contributed by atoms with E-state index in [0.29, 0.717) is 10.7 Å². The molecule has 1 aliphatic rings. The quantitative estimate of drug-likeness (QED) is 0.836. The van der Waals surface area contributed by atoms with Crippen molar-refractivity contribution in [2.45, 2.75) is 20.8 Å². The Bertz CT molecular complexity index is 794. The van der Waals surface area contributed by atoms with Gasteiger partial charge in [0.1, 0.15) is 5.71 Å². The second-order valence-corrected chi connectivity index (χ2v) is 5.71. The predicted molar refractivity (Wildman–Crippen MR) is 86.9 cm³/mol. The highest BCUT2D eigenvalue weighted by atomic mass is 35.5. The largest absolute Gasteiger partial charge is 0.320 e. The first-order chi connectivity index (χ1) is 9.97. The number of hydrogen-bond acceptors (Lipinski definition) is 2. The van der Waals surface area contributed by atoms with Crippen molar-refractivity contribution in [2.75, 3.05) is 5.32 Å². The number of aliphatic imine (C=N–C) groups is 1. The average molecular weight is 299 g/mol. The lowest BCUT2D eigenvalue weighted by atomic mass is 10.1. The molecule has 1 heterocycles. The highest BCUT2D eigenvalue weighted by molar-refractivity contribution is 6.54. The first kappa shape index (κ1) is 13.8. The zero-order valence-corrected chi connectivity index (χ0v) is 12.9. The van der Waals surface area contributed by atoms with Crippen LogP contribution in [-0.4, -0.2) is 11.6 Å². The van der Waals surface area contributed by atoms with Gasteiger partial charge in [-0.3, -0.25) is 4.79 Å². The number of halogens is 1. The molecule has 1 N–H and O–H groups in total. The van der Waals surface area contributed by atoms with Crippen molar-refractivity contribution >= 4 is 34.6 Å². The molecule has 0 aromatic heterocycles. The molecule has 21 heavy (non-hydrogen) atoms. The minimum absolute atomic E-state index is 0.185. The molecule has 2 aromatic rings. The topological polar surface area (TPSA) is 41.5 Å². The van der Waals surface area contributed by atoms with Crippen LogP contribution in [0.3, 0.4) is 0 Å². The first-order valence-electron chi connectivity index (χ1n) is 6.74. The van der Waals surface area contributed by atoms with E-state index >= 15 is 0 Å². The maximum Gasteiger partial charge on any atom is 0.275 e. The second-order valence-electron chi connectivity index (χ2n) is 5.30. The van der Waals surface area contributed by atoms with Crippen LogP contribution >= 0.6 is 11.6 Å². The molecule has 0 aliphatic carbocycles. The summed E-state index contributed by atoms with van der Waals surface area (Å²) in [5.41, 5.74) is 5.92. The Kier molecular flexibility index (Phi) is 3.30. The van der Waals surface area contributed by atoms with Crippen LogP contribution in [0.5, 0.6) is 0 Å². The summed E-state index contributed by atoms with van der Waals surface area (Å²) in [6.07, 6.45) is 0. The van der Waals surface area contributed by atoms with Gasteiger partial charge in [-0.05, 0) is 50.1 Å². The monoisotopic (exact) mass is 298 g/mol. The summed E-state index contributed by atoms with van der Waals surface area (Å²) in [7, 11) is 0. The molecule has 0 bridgehead atoms. The van der Waals surface area contributed by atoms with E-state index in [0.717, 1.165) is 28.1 Å². The van der Waals surface area contributed by atoms with E-state index in [9.17, 15) is 4.79 Å². The van der Waals surface area contributed by atoms with Crippen molar-refractivity contribution in [1.29, 1.82) is 0 Å². The summed E-state index contributed by atoms with van der Waals surface area (Å²) in [6, 6.07) is 9.62. The zero-order chi connectivity index (χ0) is 15.1. The Balaban J connectivity index is 2.15. The Morgan fingerprint density at radius 3 is 2.57 bits per heavy atom. The van der Waals surface area contributed by atoms with Gasteiger partial charge in [0.2, 0.25) is 0 Å². The highest BCUT2D eigenvalue weighted by Crippen LogP contribution is 2.33. The number of nitrogens with zero attached hydrogens (tertiary/aromatic N) is 1. The van der Waals surface area contributed by atoms with E-state index in [4.69, 9.17) is 11.6 Å². The number of carbonyl (C=O) groups excluding carboxylic acids is 1. The zero-order valence-electron chi connectivity index (χ0n) is 12.1. The molecular weight excluding hydrogens is 284 g/mol. The number of hydrogen-bond donors (Lipinski definition) is 1. The number of anilines is 1. The van der Waals surface area contributed by atoms with Gasteiger partial charge >= 0.3 is 0 Å². The van der Waals surface area contributed by atoms with Crippen molar-refractivity contribution < 1.29 is 4.79 Å². The number of nitrogens with one attached hydrogen (secondary N) is 1. The van der Waals surface area contributed by atoms with Crippen LogP contribution in [0.15, 0.2) is 35.3 Å². The number of benzene rings is 2. The van der Waals surface area contributed by atoms with Crippen LogP contribution in [0.25, 0.3) is 0 Å². The summed E-state index contributed by atoms with van der Waals surface area (Å²) in [5.74, 6) is -0.185. The van der Waals surface area contributed by atoms with Crippen LogP contribution in [0, 0.1) is 20.8 Å². The van der Waals surface area contributed by atoms with Crippen molar-refractivity contribution in [3.63, 3.8) is 0 Å². The fourth-order valence-corrected chi connectivity index (χ4v) is 2.66. The van der Waals surface area contributed by atoms with Crippen molar-refractivity contribution in [3.8, 4) is 0 Å². The van der Waals surface area contributed by atoms with Gasteiger partial charge in [0.25, 0.3) is 5.91 Å².